The van der Waals surface area contributed by atoms with Crippen LogP contribution in [-0.4, -0.2) is 40.6 Å². The number of fused-ring (bicyclic) bond motifs is 2. The lowest BCUT2D eigenvalue weighted by Crippen LogP contribution is -2.38. The van der Waals surface area contributed by atoms with Gasteiger partial charge in [0, 0.05) is 32.4 Å². The van der Waals surface area contributed by atoms with Crippen molar-refractivity contribution in [3.63, 3.8) is 0 Å². The monoisotopic (exact) mass is 443 g/mol. The number of carbonyl (C=O) groups excluding carboxylic acids is 1. The summed E-state index contributed by atoms with van der Waals surface area (Å²) >= 11 is 0. The van der Waals surface area contributed by atoms with E-state index in [0.29, 0.717) is 48.4 Å². The standard InChI is InChI=1S/C27H29N3O3/c1-4-29-25(28-24-16-8-7-14-23(24)27(29)32)19(2)30(17-10-18-33-3)26(31)22-15-9-12-20-11-5-6-13-21(20)22/h5-9,11-16,19H,4,10,17-18H2,1-3H3. The van der Waals surface area contributed by atoms with Crippen molar-refractivity contribution in [2.45, 2.75) is 32.9 Å². The zero-order valence-corrected chi connectivity index (χ0v) is 19.3. The van der Waals surface area contributed by atoms with Crippen molar-refractivity contribution in [3.05, 3.63) is 88.5 Å². The largest absolute Gasteiger partial charge is 0.385 e. The molecule has 0 saturated heterocycles. The molecule has 0 N–H and O–H groups in total. The third kappa shape index (κ3) is 4.39. The van der Waals surface area contributed by atoms with E-state index in [0.717, 1.165) is 10.8 Å². The van der Waals surface area contributed by atoms with E-state index < -0.39 is 6.04 Å². The van der Waals surface area contributed by atoms with Gasteiger partial charge in [-0.05, 0) is 49.2 Å². The van der Waals surface area contributed by atoms with Crippen molar-refractivity contribution in [1.29, 1.82) is 0 Å². The first kappa shape index (κ1) is 22.7. The van der Waals surface area contributed by atoms with Crippen LogP contribution in [0.5, 0.6) is 0 Å². The molecule has 4 rings (SSSR count). The van der Waals surface area contributed by atoms with Gasteiger partial charge in [0.15, 0.2) is 0 Å². The highest BCUT2D eigenvalue weighted by Gasteiger charge is 2.27. The van der Waals surface area contributed by atoms with Gasteiger partial charge in [-0.15, -0.1) is 0 Å². The van der Waals surface area contributed by atoms with Gasteiger partial charge in [-0.2, -0.15) is 0 Å². The normalized spacial score (nSPS) is 12.2. The van der Waals surface area contributed by atoms with Gasteiger partial charge in [-0.25, -0.2) is 4.98 Å². The van der Waals surface area contributed by atoms with Crippen LogP contribution in [0.25, 0.3) is 21.7 Å². The van der Waals surface area contributed by atoms with Crippen molar-refractivity contribution >= 4 is 27.6 Å². The molecule has 0 saturated carbocycles. The molecule has 170 valence electrons. The van der Waals surface area contributed by atoms with E-state index in [2.05, 4.69) is 0 Å². The summed E-state index contributed by atoms with van der Waals surface area (Å²) in [7, 11) is 1.65. The predicted molar refractivity (Wildman–Crippen MR) is 132 cm³/mol. The summed E-state index contributed by atoms with van der Waals surface area (Å²) < 4.78 is 6.92. The van der Waals surface area contributed by atoms with Crippen molar-refractivity contribution in [3.8, 4) is 0 Å². The van der Waals surface area contributed by atoms with Gasteiger partial charge in [0.2, 0.25) is 0 Å². The minimum Gasteiger partial charge on any atom is -0.385 e. The summed E-state index contributed by atoms with van der Waals surface area (Å²) in [5.41, 5.74) is 1.20. The minimum atomic E-state index is -0.398. The molecule has 3 aromatic carbocycles. The van der Waals surface area contributed by atoms with Crippen LogP contribution in [0.2, 0.25) is 0 Å². The maximum atomic E-state index is 13.9. The molecule has 0 bridgehead atoms. The smallest absolute Gasteiger partial charge is 0.261 e. The number of benzene rings is 3. The molecule has 1 atom stereocenters. The van der Waals surface area contributed by atoms with Gasteiger partial charge >= 0.3 is 0 Å². The molecule has 1 amide bonds. The SMILES string of the molecule is CCn1c(C(C)N(CCCOC)C(=O)c2cccc3ccccc23)nc2ccccc2c1=O. The van der Waals surface area contributed by atoms with Gasteiger partial charge in [0.05, 0.1) is 16.9 Å². The summed E-state index contributed by atoms with van der Waals surface area (Å²) in [5.74, 6) is 0.507. The van der Waals surface area contributed by atoms with Crippen LogP contribution in [0, 0.1) is 0 Å². The molecular formula is C27H29N3O3. The first-order valence-electron chi connectivity index (χ1n) is 11.3. The topological polar surface area (TPSA) is 64.4 Å². The van der Waals surface area contributed by atoms with Crippen molar-refractivity contribution in [2.75, 3.05) is 20.3 Å². The highest BCUT2D eigenvalue weighted by molar-refractivity contribution is 6.07. The number of hydrogen-bond acceptors (Lipinski definition) is 4. The van der Waals surface area contributed by atoms with E-state index >= 15 is 0 Å². The zero-order valence-electron chi connectivity index (χ0n) is 19.3. The molecule has 1 unspecified atom stereocenters. The quantitative estimate of drug-likeness (QED) is 0.367. The van der Waals surface area contributed by atoms with Gasteiger partial charge in [0.25, 0.3) is 11.5 Å². The molecule has 0 aliphatic rings. The molecular weight excluding hydrogens is 414 g/mol. The van der Waals surface area contributed by atoms with Gasteiger partial charge < -0.3 is 9.64 Å². The molecule has 0 spiro atoms. The van der Waals surface area contributed by atoms with Gasteiger partial charge in [0.1, 0.15) is 5.82 Å². The number of para-hydroxylation sites is 1. The summed E-state index contributed by atoms with van der Waals surface area (Å²) in [5, 5.41) is 2.51. The second kappa shape index (κ2) is 9.96. The zero-order chi connectivity index (χ0) is 23.4. The third-order valence-electron chi connectivity index (χ3n) is 6.08. The van der Waals surface area contributed by atoms with E-state index in [1.54, 1.807) is 17.7 Å². The fourth-order valence-corrected chi connectivity index (χ4v) is 4.37. The molecule has 1 aromatic heterocycles. The first-order chi connectivity index (χ1) is 16.1. The third-order valence-corrected chi connectivity index (χ3v) is 6.08. The Hall–Kier alpha value is -3.51. The second-order valence-electron chi connectivity index (χ2n) is 8.08. The maximum absolute atomic E-state index is 13.9. The Labute approximate surface area is 193 Å². The van der Waals surface area contributed by atoms with Crippen LogP contribution >= 0.6 is 0 Å². The number of rotatable bonds is 8. The Morgan fingerprint density at radius 3 is 2.48 bits per heavy atom. The molecule has 0 aliphatic carbocycles. The number of amides is 1. The van der Waals surface area contributed by atoms with Crippen molar-refractivity contribution in [1.82, 2.24) is 14.5 Å². The summed E-state index contributed by atoms with van der Waals surface area (Å²) in [4.78, 5) is 33.7. The van der Waals surface area contributed by atoms with Crippen LogP contribution in [-0.2, 0) is 11.3 Å². The van der Waals surface area contributed by atoms with E-state index in [1.807, 2.05) is 79.4 Å². The number of hydrogen-bond donors (Lipinski definition) is 0. The highest BCUT2D eigenvalue weighted by atomic mass is 16.5. The summed E-state index contributed by atoms with van der Waals surface area (Å²) in [6, 6.07) is 20.6. The Morgan fingerprint density at radius 2 is 1.73 bits per heavy atom. The molecule has 0 radical (unpaired) electrons. The fraction of sp³-hybridized carbons (Fsp3) is 0.296. The predicted octanol–water partition coefficient (Wildman–Crippen LogP) is 4.81. The molecule has 6 nitrogen and oxygen atoms in total. The Morgan fingerprint density at radius 1 is 1.03 bits per heavy atom. The Kier molecular flexibility index (Phi) is 6.84. The number of nitrogens with zero attached hydrogens (tertiary/aromatic N) is 3. The van der Waals surface area contributed by atoms with Crippen LogP contribution in [0.15, 0.2) is 71.5 Å². The number of aromatic nitrogens is 2. The van der Waals surface area contributed by atoms with Crippen LogP contribution in [0.1, 0.15) is 42.5 Å². The summed E-state index contributed by atoms with van der Waals surface area (Å²) in [6.45, 7) is 5.38. The minimum absolute atomic E-state index is 0.0829. The number of methoxy groups -OCH3 is 1. The molecule has 4 aromatic rings. The lowest BCUT2D eigenvalue weighted by Gasteiger charge is -2.31. The maximum Gasteiger partial charge on any atom is 0.261 e. The van der Waals surface area contributed by atoms with Gasteiger partial charge in [-0.3, -0.25) is 14.2 Å². The highest BCUT2D eigenvalue weighted by Crippen LogP contribution is 2.26. The average Bonchev–Trinajstić information content (AvgIpc) is 2.85. The average molecular weight is 444 g/mol. The number of ether oxygens (including phenoxy) is 1. The first-order valence-corrected chi connectivity index (χ1v) is 11.3. The van der Waals surface area contributed by atoms with Crippen LogP contribution in [0.4, 0.5) is 0 Å². The molecule has 33 heavy (non-hydrogen) atoms. The summed E-state index contributed by atoms with van der Waals surface area (Å²) in [6.07, 6.45) is 0.682. The van der Waals surface area contributed by atoms with E-state index in [9.17, 15) is 9.59 Å². The lowest BCUT2D eigenvalue weighted by molar-refractivity contribution is 0.0657. The van der Waals surface area contributed by atoms with Crippen molar-refractivity contribution in [2.24, 2.45) is 0 Å². The van der Waals surface area contributed by atoms with Crippen LogP contribution < -0.4 is 5.56 Å². The molecule has 6 heteroatoms. The van der Waals surface area contributed by atoms with E-state index in [-0.39, 0.29) is 11.5 Å². The Balaban J connectivity index is 1.82. The molecule has 0 fully saturated rings. The van der Waals surface area contributed by atoms with E-state index in [4.69, 9.17) is 9.72 Å². The van der Waals surface area contributed by atoms with Crippen molar-refractivity contribution < 1.29 is 9.53 Å². The number of carbonyl (C=O) groups is 1. The van der Waals surface area contributed by atoms with Gasteiger partial charge in [-0.1, -0.05) is 48.5 Å². The molecule has 0 aliphatic heterocycles. The lowest BCUT2D eigenvalue weighted by atomic mass is 10.0. The van der Waals surface area contributed by atoms with E-state index in [1.165, 1.54) is 0 Å². The second-order valence-corrected chi connectivity index (χ2v) is 8.08. The molecule has 1 heterocycles. The fourth-order valence-electron chi connectivity index (χ4n) is 4.37. The Bertz CT molecular complexity index is 1340. The van der Waals surface area contributed by atoms with Crippen LogP contribution in [0.3, 0.4) is 0 Å².